The van der Waals surface area contributed by atoms with Crippen LogP contribution in [0.4, 0.5) is 5.69 Å². The third-order valence-corrected chi connectivity index (χ3v) is 3.09. The van der Waals surface area contributed by atoms with Crippen LogP contribution in [0.5, 0.6) is 0 Å². The highest BCUT2D eigenvalue weighted by atomic mass is 32.2. The molecule has 3 rings (SSSR count). The first-order chi connectivity index (χ1) is 6.95. The molecule has 0 spiro atoms. The second kappa shape index (κ2) is 3.17. The first-order valence-electron chi connectivity index (χ1n) is 4.71. The highest BCUT2D eigenvalue weighted by molar-refractivity contribution is 8.03. The Kier molecular flexibility index (Phi) is 1.84. The normalized spacial score (nSPS) is 17.1. The lowest BCUT2D eigenvalue weighted by Crippen LogP contribution is -2.31. The zero-order chi connectivity index (χ0) is 9.38. The van der Waals surface area contributed by atoms with E-state index in [9.17, 15) is 0 Å². The van der Waals surface area contributed by atoms with Crippen molar-refractivity contribution in [1.82, 2.24) is 0 Å². The van der Waals surface area contributed by atoms with E-state index >= 15 is 0 Å². The monoisotopic (exact) mass is 202 g/mol. The third kappa shape index (κ3) is 1.16. The molecule has 1 aromatic rings. The molecule has 2 heterocycles. The van der Waals surface area contributed by atoms with E-state index in [4.69, 9.17) is 0 Å². The zero-order valence-electron chi connectivity index (χ0n) is 7.66. The van der Waals surface area contributed by atoms with Crippen molar-refractivity contribution in [2.75, 3.05) is 11.3 Å². The Hall–Kier alpha value is -1.22. The highest BCUT2D eigenvalue weighted by Crippen LogP contribution is 2.22. The zero-order valence-corrected chi connectivity index (χ0v) is 8.47. The summed E-state index contributed by atoms with van der Waals surface area (Å²) in [5.41, 5.74) is 2.41. The van der Waals surface area contributed by atoms with Gasteiger partial charge < -0.3 is 4.72 Å². The highest BCUT2D eigenvalue weighted by Gasteiger charge is 2.07. The molecule has 0 bridgehead atoms. The van der Waals surface area contributed by atoms with Crippen LogP contribution in [0.3, 0.4) is 0 Å². The van der Waals surface area contributed by atoms with Gasteiger partial charge in [-0.2, -0.15) is 0 Å². The average Bonchev–Trinajstić information content (AvgIpc) is 2.29. The van der Waals surface area contributed by atoms with Gasteiger partial charge in [0, 0.05) is 12.1 Å². The molecular formula is C11H10N2S. The number of fused-ring (bicyclic) bond motifs is 3. The van der Waals surface area contributed by atoms with E-state index in [0.29, 0.717) is 0 Å². The van der Waals surface area contributed by atoms with Crippen molar-refractivity contribution >= 4 is 29.8 Å². The molecule has 2 nitrogen and oxygen atoms in total. The SMILES string of the molecule is C1=Cc2c(ccc3c2=NCCC=3)NS1. The molecule has 1 aromatic carbocycles. The van der Waals surface area contributed by atoms with E-state index in [0.717, 1.165) is 18.3 Å². The summed E-state index contributed by atoms with van der Waals surface area (Å²) < 4.78 is 3.27. The molecule has 1 N–H and O–H groups in total. The predicted molar refractivity (Wildman–Crippen MR) is 61.4 cm³/mol. The predicted octanol–water partition coefficient (Wildman–Crippen LogP) is 1.53. The number of anilines is 1. The molecule has 0 unspecified atom stereocenters. The van der Waals surface area contributed by atoms with Crippen molar-refractivity contribution in [2.45, 2.75) is 6.42 Å². The van der Waals surface area contributed by atoms with Gasteiger partial charge in [0.2, 0.25) is 0 Å². The van der Waals surface area contributed by atoms with Crippen LogP contribution in [0.15, 0.2) is 22.5 Å². The first-order valence-corrected chi connectivity index (χ1v) is 5.59. The number of nitrogens with zero attached hydrogens (tertiary/aromatic N) is 1. The Morgan fingerprint density at radius 2 is 2.36 bits per heavy atom. The second-order valence-electron chi connectivity index (χ2n) is 3.36. The van der Waals surface area contributed by atoms with Gasteiger partial charge in [-0.1, -0.05) is 12.1 Å². The topological polar surface area (TPSA) is 24.4 Å². The number of hydrogen-bond donors (Lipinski definition) is 1. The van der Waals surface area contributed by atoms with E-state index in [1.807, 2.05) is 0 Å². The van der Waals surface area contributed by atoms with Crippen LogP contribution in [-0.4, -0.2) is 6.54 Å². The maximum absolute atomic E-state index is 4.57. The standard InChI is InChI=1S/C11H10N2S/c1-2-8-3-4-10-9(5-7-14-13-10)11(8)12-6-1/h2-5,7,13H,1,6H2. The van der Waals surface area contributed by atoms with Crippen LogP contribution in [0, 0.1) is 0 Å². The summed E-state index contributed by atoms with van der Waals surface area (Å²) in [6, 6.07) is 4.27. The Morgan fingerprint density at radius 1 is 1.36 bits per heavy atom. The van der Waals surface area contributed by atoms with Crippen molar-refractivity contribution < 1.29 is 0 Å². The Labute approximate surface area is 86.6 Å². The van der Waals surface area contributed by atoms with Gasteiger partial charge in [-0.3, -0.25) is 4.99 Å². The largest absolute Gasteiger partial charge is 0.325 e. The van der Waals surface area contributed by atoms with Gasteiger partial charge in [-0.15, -0.1) is 0 Å². The van der Waals surface area contributed by atoms with Crippen LogP contribution < -0.4 is 15.3 Å². The van der Waals surface area contributed by atoms with E-state index in [-0.39, 0.29) is 0 Å². The van der Waals surface area contributed by atoms with E-state index in [1.54, 1.807) is 11.9 Å². The number of benzene rings is 1. The Balaban J connectivity index is 2.41. The lowest BCUT2D eigenvalue weighted by Gasteiger charge is -2.13. The second-order valence-corrected chi connectivity index (χ2v) is 4.07. The van der Waals surface area contributed by atoms with Crippen LogP contribution in [0.25, 0.3) is 12.2 Å². The van der Waals surface area contributed by atoms with Crippen LogP contribution >= 0.6 is 11.9 Å². The van der Waals surface area contributed by atoms with Crippen LogP contribution in [0.1, 0.15) is 12.0 Å². The van der Waals surface area contributed by atoms with Gasteiger partial charge in [0.1, 0.15) is 0 Å². The van der Waals surface area contributed by atoms with Crippen LogP contribution in [-0.2, 0) is 0 Å². The smallest absolute Gasteiger partial charge is 0.0737 e. The van der Waals surface area contributed by atoms with Gasteiger partial charge in [0.25, 0.3) is 0 Å². The van der Waals surface area contributed by atoms with Crippen molar-refractivity contribution in [1.29, 1.82) is 0 Å². The number of rotatable bonds is 0. The molecule has 0 atom stereocenters. The molecule has 0 saturated carbocycles. The summed E-state index contributed by atoms with van der Waals surface area (Å²) in [7, 11) is 0. The van der Waals surface area contributed by atoms with E-state index in [2.05, 4.69) is 39.4 Å². The van der Waals surface area contributed by atoms with Crippen molar-refractivity contribution in [3.8, 4) is 0 Å². The molecule has 14 heavy (non-hydrogen) atoms. The molecule has 2 aliphatic heterocycles. The lowest BCUT2D eigenvalue weighted by molar-refractivity contribution is 0.958. The Morgan fingerprint density at radius 3 is 3.36 bits per heavy atom. The minimum atomic E-state index is 0.921. The summed E-state index contributed by atoms with van der Waals surface area (Å²) in [5, 5.41) is 4.48. The fourth-order valence-corrected chi connectivity index (χ4v) is 2.40. The summed E-state index contributed by atoms with van der Waals surface area (Å²) in [6.45, 7) is 0.921. The minimum Gasteiger partial charge on any atom is -0.325 e. The van der Waals surface area contributed by atoms with Gasteiger partial charge in [-0.05, 0) is 41.1 Å². The summed E-state index contributed by atoms with van der Waals surface area (Å²) >= 11 is 1.61. The van der Waals surface area contributed by atoms with E-state index in [1.165, 1.54) is 16.5 Å². The van der Waals surface area contributed by atoms with Crippen molar-refractivity contribution in [3.05, 3.63) is 33.7 Å². The molecule has 0 amide bonds. The van der Waals surface area contributed by atoms with Gasteiger partial charge in [0.15, 0.2) is 0 Å². The minimum absolute atomic E-state index is 0.921. The van der Waals surface area contributed by atoms with E-state index < -0.39 is 0 Å². The van der Waals surface area contributed by atoms with Gasteiger partial charge >= 0.3 is 0 Å². The molecule has 0 aliphatic carbocycles. The Bertz CT molecular complexity index is 517. The van der Waals surface area contributed by atoms with Crippen molar-refractivity contribution in [2.24, 2.45) is 4.99 Å². The quantitative estimate of drug-likeness (QED) is 0.645. The molecule has 0 fully saturated rings. The summed E-state index contributed by atoms with van der Waals surface area (Å²) in [4.78, 5) is 4.57. The maximum atomic E-state index is 4.57. The summed E-state index contributed by atoms with van der Waals surface area (Å²) in [5.74, 6) is 0. The maximum Gasteiger partial charge on any atom is 0.0737 e. The lowest BCUT2D eigenvalue weighted by atomic mass is 10.1. The third-order valence-electron chi connectivity index (χ3n) is 2.48. The molecule has 3 heteroatoms. The molecule has 0 saturated heterocycles. The summed E-state index contributed by atoms with van der Waals surface area (Å²) in [6.07, 6.45) is 5.47. The number of hydrogen-bond acceptors (Lipinski definition) is 3. The fraction of sp³-hybridized carbons (Fsp3) is 0.182. The molecule has 0 radical (unpaired) electrons. The molecule has 0 aromatic heterocycles. The molecule has 2 aliphatic rings. The van der Waals surface area contributed by atoms with Crippen molar-refractivity contribution in [3.63, 3.8) is 0 Å². The first kappa shape index (κ1) is 8.12. The van der Waals surface area contributed by atoms with Crippen LogP contribution in [0.2, 0.25) is 0 Å². The van der Waals surface area contributed by atoms with Gasteiger partial charge in [0.05, 0.1) is 11.0 Å². The molecule has 70 valence electrons. The van der Waals surface area contributed by atoms with Gasteiger partial charge in [-0.25, -0.2) is 0 Å². The molecular weight excluding hydrogens is 192 g/mol. The average molecular weight is 202 g/mol. The number of nitrogens with one attached hydrogen (secondary N) is 1. The fourth-order valence-electron chi connectivity index (χ4n) is 1.82.